The summed E-state index contributed by atoms with van der Waals surface area (Å²) in [7, 11) is 0. The molecule has 4 rings (SSSR count). The van der Waals surface area contributed by atoms with Crippen LogP contribution in [0.3, 0.4) is 0 Å². The molecule has 0 bridgehead atoms. The highest BCUT2D eigenvalue weighted by atomic mass is 16.5. The van der Waals surface area contributed by atoms with Crippen LogP contribution in [0, 0.1) is 0 Å². The molecule has 0 spiro atoms. The summed E-state index contributed by atoms with van der Waals surface area (Å²) in [6, 6.07) is 10.2. The van der Waals surface area contributed by atoms with Gasteiger partial charge in [0.2, 0.25) is 0 Å². The molecule has 2 N–H and O–H groups in total. The average molecular weight is 309 g/mol. The number of morpholine rings is 1. The summed E-state index contributed by atoms with van der Waals surface area (Å²) >= 11 is 0. The van der Waals surface area contributed by atoms with Crippen LogP contribution in [0.15, 0.2) is 42.7 Å². The van der Waals surface area contributed by atoms with E-state index < -0.39 is 0 Å². The summed E-state index contributed by atoms with van der Waals surface area (Å²) < 4.78 is 7.40. The van der Waals surface area contributed by atoms with Crippen molar-refractivity contribution in [2.24, 2.45) is 5.73 Å². The lowest BCUT2D eigenvalue weighted by molar-refractivity contribution is 0.122. The number of aromatic nitrogens is 3. The molecule has 0 amide bonds. The average Bonchev–Trinajstić information content (AvgIpc) is 3.02. The van der Waals surface area contributed by atoms with Crippen molar-refractivity contribution < 1.29 is 4.74 Å². The van der Waals surface area contributed by atoms with Crippen molar-refractivity contribution in [3.05, 3.63) is 48.3 Å². The highest BCUT2D eigenvalue weighted by Gasteiger charge is 2.19. The maximum absolute atomic E-state index is 5.68. The second kappa shape index (κ2) is 5.98. The molecular weight excluding hydrogens is 290 g/mol. The largest absolute Gasteiger partial charge is 0.378 e. The summed E-state index contributed by atoms with van der Waals surface area (Å²) in [4.78, 5) is 6.54. The van der Waals surface area contributed by atoms with Gasteiger partial charge in [-0.1, -0.05) is 12.1 Å². The van der Waals surface area contributed by atoms with Gasteiger partial charge in [0.05, 0.1) is 30.6 Å². The van der Waals surface area contributed by atoms with Crippen molar-refractivity contribution >= 4 is 16.7 Å². The smallest absolute Gasteiger partial charge is 0.159 e. The van der Waals surface area contributed by atoms with E-state index in [1.807, 2.05) is 47.4 Å². The number of hydrogen-bond acceptors (Lipinski definition) is 5. The van der Waals surface area contributed by atoms with Gasteiger partial charge in [-0.25, -0.2) is 4.68 Å². The van der Waals surface area contributed by atoms with E-state index in [1.54, 1.807) is 0 Å². The summed E-state index contributed by atoms with van der Waals surface area (Å²) in [6.45, 7) is 3.75. The number of hydrogen-bond donors (Lipinski definition) is 1. The molecule has 3 heterocycles. The Morgan fingerprint density at radius 1 is 1.09 bits per heavy atom. The molecule has 1 saturated heterocycles. The van der Waals surface area contributed by atoms with Crippen molar-refractivity contribution in [1.29, 1.82) is 0 Å². The minimum absolute atomic E-state index is 0.542. The Labute approximate surface area is 134 Å². The number of nitrogens with zero attached hydrogens (tertiary/aromatic N) is 4. The Kier molecular flexibility index (Phi) is 3.69. The summed E-state index contributed by atoms with van der Waals surface area (Å²) in [5.74, 6) is 0.994. The highest BCUT2D eigenvalue weighted by Crippen LogP contribution is 2.28. The van der Waals surface area contributed by atoms with Gasteiger partial charge in [0.1, 0.15) is 0 Å². The Bertz CT molecular complexity index is 805. The van der Waals surface area contributed by atoms with E-state index in [-0.39, 0.29) is 0 Å². The van der Waals surface area contributed by atoms with Crippen LogP contribution in [0.25, 0.3) is 16.6 Å². The van der Waals surface area contributed by atoms with Crippen LogP contribution >= 0.6 is 0 Å². The number of ether oxygens (including phenoxy) is 1. The van der Waals surface area contributed by atoms with E-state index >= 15 is 0 Å². The monoisotopic (exact) mass is 309 g/mol. The van der Waals surface area contributed by atoms with Crippen LogP contribution in [0.4, 0.5) is 5.82 Å². The number of pyridine rings is 1. The van der Waals surface area contributed by atoms with Crippen molar-refractivity contribution in [2.75, 3.05) is 31.2 Å². The van der Waals surface area contributed by atoms with Crippen LogP contribution in [-0.4, -0.2) is 41.1 Å². The van der Waals surface area contributed by atoms with Gasteiger partial charge in [0.25, 0.3) is 0 Å². The predicted octanol–water partition coefficient (Wildman–Crippen LogP) is 1.72. The number of benzene rings is 1. The molecule has 0 aliphatic carbocycles. The van der Waals surface area contributed by atoms with E-state index in [4.69, 9.17) is 15.6 Å². The van der Waals surface area contributed by atoms with Crippen molar-refractivity contribution in [1.82, 2.24) is 14.8 Å². The summed E-state index contributed by atoms with van der Waals surface area (Å²) in [6.07, 6.45) is 3.68. The first-order valence-electron chi connectivity index (χ1n) is 7.81. The fourth-order valence-electron chi connectivity index (χ4n) is 2.93. The molecule has 1 aliphatic heterocycles. The number of rotatable bonds is 3. The molecule has 0 atom stereocenters. The van der Waals surface area contributed by atoms with E-state index in [0.717, 1.165) is 54.3 Å². The Hall–Kier alpha value is -2.44. The third kappa shape index (κ3) is 2.56. The molecule has 1 fully saturated rings. The third-order valence-electron chi connectivity index (χ3n) is 4.19. The normalized spacial score (nSPS) is 15.3. The minimum atomic E-state index is 0.542. The van der Waals surface area contributed by atoms with Gasteiger partial charge >= 0.3 is 0 Å². The van der Waals surface area contributed by atoms with Gasteiger partial charge in [-0.3, -0.25) is 4.98 Å². The van der Waals surface area contributed by atoms with Gasteiger partial charge < -0.3 is 15.4 Å². The Morgan fingerprint density at radius 3 is 2.61 bits per heavy atom. The summed E-state index contributed by atoms with van der Waals surface area (Å²) in [5, 5.41) is 5.97. The lowest BCUT2D eigenvalue weighted by Crippen LogP contribution is -2.36. The zero-order valence-corrected chi connectivity index (χ0v) is 12.9. The molecule has 0 radical (unpaired) electrons. The lowest BCUT2D eigenvalue weighted by Gasteiger charge is -2.26. The second-order valence-corrected chi connectivity index (χ2v) is 5.60. The molecule has 118 valence electrons. The van der Waals surface area contributed by atoms with Gasteiger partial charge in [-0.05, 0) is 23.8 Å². The number of nitrogens with two attached hydrogens (primary N) is 1. The van der Waals surface area contributed by atoms with Gasteiger partial charge in [-0.15, -0.1) is 5.10 Å². The number of fused-ring (bicyclic) bond motifs is 1. The molecule has 6 heteroatoms. The van der Waals surface area contributed by atoms with E-state index in [1.165, 1.54) is 0 Å². The van der Waals surface area contributed by atoms with Gasteiger partial charge in [0, 0.05) is 31.2 Å². The lowest BCUT2D eigenvalue weighted by atomic mass is 10.2. The first-order valence-corrected chi connectivity index (χ1v) is 7.81. The van der Waals surface area contributed by atoms with Crippen molar-refractivity contribution in [2.45, 2.75) is 6.54 Å². The Morgan fingerprint density at radius 2 is 1.87 bits per heavy atom. The summed E-state index contributed by atoms with van der Waals surface area (Å²) in [5.41, 5.74) is 8.81. The molecule has 1 aromatic carbocycles. The van der Waals surface area contributed by atoms with Crippen LogP contribution in [0.5, 0.6) is 0 Å². The predicted molar refractivity (Wildman–Crippen MR) is 89.8 cm³/mol. The van der Waals surface area contributed by atoms with E-state index in [2.05, 4.69) is 9.88 Å². The van der Waals surface area contributed by atoms with Crippen LogP contribution < -0.4 is 10.6 Å². The first kappa shape index (κ1) is 14.2. The van der Waals surface area contributed by atoms with E-state index in [9.17, 15) is 0 Å². The van der Waals surface area contributed by atoms with E-state index in [0.29, 0.717) is 6.54 Å². The molecule has 0 saturated carbocycles. The molecule has 2 aromatic heterocycles. The maximum atomic E-state index is 5.68. The Balaban J connectivity index is 1.82. The molecule has 3 aromatic rings. The standard InChI is InChI=1S/C17H19N5O/c18-11-13-1-3-14(4-2-13)22-16-12-19-6-5-15(16)17(20-22)21-7-9-23-10-8-21/h1-6,12H,7-11,18H2. The number of anilines is 1. The van der Waals surface area contributed by atoms with Gasteiger partial charge in [-0.2, -0.15) is 0 Å². The quantitative estimate of drug-likeness (QED) is 0.798. The zero-order valence-electron chi connectivity index (χ0n) is 12.9. The van der Waals surface area contributed by atoms with Crippen molar-refractivity contribution in [3.63, 3.8) is 0 Å². The second-order valence-electron chi connectivity index (χ2n) is 5.60. The molecule has 6 nitrogen and oxygen atoms in total. The van der Waals surface area contributed by atoms with Crippen molar-refractivity contribution in [3.8, 4) is 5.69 Å². The van der Waals surface area contributed by atoms with Crippen LogP contribution in [-0.2, 0) is 11.3 Å². The fraction of sp³-hybridized carbons (Fsp3) is 0.294. The first-order chi connectivity index (χ1) is 11.4. The minimum Gasteiger partial charge on any atom is -0.378 e. The topological polar surface area (TPSA) is 69.2 Å². The molecular formula is C17H19N5O. The SMILES string of the molecule is NCc1ccc(-n2nc(N3CCOCC3)c3ccncc32)cc1. The maximum Gasteiger partial charge on any atom is 0.159 e. The van der Waals surface area contributed by atoms with Crippen LogP contribution in [0.2, 0.25) is 0 Å². The van der Waals surface area contributed by atoms with Gasteiger partial charge in [0.15, 0.2) is 5.82 Å². The zero-order chi connectivity index (χ0) is 15.6. The van der Waals surface area contributed by atoms with Crippen LogP contribution in [0.1, 0.15) is 5.56 Å². The molecule has 1 aliphatic rings. The third-order valence-corrected chi connectivity index (χ3v) is 4.19. The molecule has 23 heavy (non-hydrogen) atoms. The fourth-order valence-corrected chi connectivity index (χ4v) is 2.93. The molecule has 0 unspecified atom stereocenters. The highest BCUT2D eigenvalue weighted by molar-refractivity contribution is 5.91.